The van der Waals surface area contributed by atoms with Crippen LogP contribution in [0.4, 0.5) is 13.2 Å². The topological polar surface area (TPSA) is 49.4 Å². The lowest BCUT2D eigenvalue weighted by molar-refractivity contribution is -0.0436. The van der Waals surface area contributed by atoms with Crippen LogP contribution in [0.2, 0.25) is 0 Å². The Bertz CT molecular complexity index is 652. The lowest BCUT2D eigenvalue weighted by Crippen LogP contribution is -2.54. The summed E-state index contributed by atoms with van der Waals surface area (Å²) in [6, 6.07) is 5.00. The number of likely N-dealkylation sites (tertiary alicyclic amines) is 1. The highest BCUT2D eigenvalue weighted by Crippen LogP contribution is 2.35. The van der Waals surface area contributed by atoms with E-state index in [-0.39, 0.29) is 0 Å². The summed E-state index contributed by atoms with van der Waals surface area (Å²) >= 11 is 0. The van der Waals surface area contributed by atoms with Crippen LogP contribution < -0.4 is 5.32 Å². The molecule has 0 atom stereocenters. The number of nitrogens with zero attached hydrogens (tertiary/aromatic N) is 1. The fourth-order valence-electron chi connectivity index (χ4n) is 3.10. The van der Waals surface area contributed by atoms with Gasteiger partial charge in [0.25, 0.3) is 9.84 Å². The van der Waals surface area contributed by atoms with Crippen LogP contribution in [0.15, 0.2) is 29.2 Å². The van der Waals surface area contributed by atoms with Gasteiger partial charge in [-0.3, -0.25) is 4.90 Å². The normalized spacial score (nSPS) is 22.0. The molecule has 2 aliphatic rings. The first-order chi connectivity index (χ1) is 10.2. The van der Waals surface area contributed by atoms with Gasteiger partial charge in [-0.15, -0.1) is 0 Å². The molecule has 122 valence electrons. The molecule has 2 fully saturated rings. The van der Waals surface area contributed by atoms with Gasteiger partial charge in [-0.1, -0.05) is 12.1 Å². The van der Waals surface area contributed by atoms with E-state index in [2.05, 4.69) is 10.2 Å². The van der Waals surface area contributed by atoms with Crippen molar-refractivity contribution in [3.8, 4) is 0 Å². The standard InChI is InChI=1S/C14H17F3N2O2S/c15-14(16,17)22(20,21)12-3-1-11(2-4-12)7-19-6-5-13(10-19)8-18-9-13/h1-4,18H,5-10H2. The van der Waals surface area contributed by atoms with Crippen molar-refractivity contribution in [3.63, 3.8) is 0 Å². The van der Waals surface area contributed by atoms with Crippen molar-refractivity contribution in [1.82, 2.24) is 10.2 Å². The third kappa shape index (κ3) is 2.75. The zero-order valence-electron chi connectivity index (χ0n) is 11.9. The van der Waals surface area contributed by atoms with Crippen molar-refractivity contribution in [2.75, 3.05) is 26.2 Å². The van der Waals surface area contributed by atoms with Crippen molar-refractivity contribution in [2.24, 2.45) is 5.41 Å². The Morgan fingerprint density at radius 3 is 2.27 bits per heavy atom. The summed E-state index contributed by atoms with van der Waals surface area (Å²) in [4.78, 5) is 1.55. The molecule has 1 aromatic rings. The third-order valence-electron chi connectivity index (χ3n) is 4.46. The predicted octanol–water partition coefficient (Wildman–Crippen LogP) is 1.78. The fraction of sp³-hybridized carbons (Fsp3) is 0.571. The molecule has 0 aromatic heterocycles. The van der Waals surface area contributed by atoms with Gasteiger partial charge in [0, 0.05) is 31.6 Å². The zero-order valence-corrected chi connectivity index (χ0v) is 12.7. The van der Waals surface area contributed by atoms with E-state index in [0.717, 1.165) is 50.3 Å². The first-order valence-electron chi connectivity index (χ1n) is 7.05. The molecular formula is C14H17F3N2O2S. The van der Waals surface area contributed by atoms with Gasteiger partial charge in [-0.2, -0.15) is 13.2 Å². The molecule has 2 saturated heterocycles. The fourth-order valence-corrected chi connectivity index (χ4v) is 3.86. The van der Waals surface area contributed by atoms with Crippen LogP contribution in [0.3, 0.4) is 0 Å². The zero-order chi connectivity index (χ0) is 16.0. The Kier molecular flexibility index (Phi) is 3.73. The molecule has 22 heavy (non-hydrogen) atoms. The Morgan fingerprint density at radius 1 is 1.18 bits per heavy atom. The Labute approximate surface area is 127 Å². The molecule has 0 unspecified atom stereocenters. The highest BCUT2D eigenvalue weighted by molar-refractivity contribution is 7.92. The van der Waals surface area contributed by atoms with E-state index in [1.165, 1.54) is 12.1 Å². The minimum Gasteiger partial charge on any atom is -0.315 e. The predicted molar refractivity (Wildman–Crippen MR) is 74.9 cm³/mol. The molecule has 1 aromatic carbocycles. The largest absolute Gasteiger partial charge is 0.501 e. The summed E-state index contributed by atoms with van der Waals surface area (Å²) in [5, 5.41) is 3.27. The molecule has 0 bridgehead atoms. The van der Waals surface area contributed by atoms with Gasteiger partial charge in [0.15, 0.2) is 0 Å². The lowest BCUT2D eigenvalue weighted by Gasteiger charge is -2.39. The lowest BCUT2D eigenvalue weighted by atomic mass is 9.81. The molecule has 2 aliphatic heterocycles. The second-order valence-electron chi connectivity index (χ2n) is 6.16. The number of benzene rings is 1. The highest BCUT2D eigenvalue weighted by atomic mass is 32.2. The van der Waals surface area contributed by atoms with Crippen LogP contribution in [0.5, 0.6) is 0 Å². The number of hydrogen-bond acceptors (Lipinski definition) is 4. The van der Waals surface area contributed by atoms with Crippen LogP contribution in [-0.4, -0.2) is 45.0 Å². The minimum absolute atomic E-state index is 0.361. The maximum absolute atomic E-state index is 12.5. The molecule has 3 rings (SSSR count). The molecule has 0 saturated carbocycles. The smallest absolute Gasteiger partial charge is 0.315 e. The van der Waals surface area contributed by atoms with Crippen molar-refractivity contribution in [3.05, 3.63) is 29.8 Å². The molecule has 8 heteroatoms. The number of halogens is 3. The van der Waals surface area contributed by atoms with E-state index in [0.29, 0.717) is 12.0 Å². The van der Waals surface area contributed by atoms with Crippen molar-refractivity contribution in [1.29, 1.82) is 0 Å². The van der Waals surface area contributed by atoms with E-state index in [1.807, 2.05) is 0 Å². The van der Waals surface area contributed by atoms with Crippen molar-refractivity contribution >= 4 is 9.84 Å². The van der Waals surface area contributed by atoms with Gasteiger partial charge in [-0.05, 0) is 30.7 Å². The quantitative estimate of drug-likeness (QED) is 0.915. The van der Waals surface area contributed by atoms with Crippen molar-refractivity contribution in [2.45, 2.75) is 23.4 Å². The number of rotatable bonds is 3. The van der Waals surface area contributed by atoms with Crippen LogP contribution in [0.25, 0.3) is 0 Å². The number of sulfone groups is 1. The van der Waals surface area contributed by atoms with E-state index >= 15 is 0 Å². The SMILES string of the molecule is O=S(=O)(c1ccc(CN2CCC3(CNC3)C2)cc1)C(F)(F)F. The molecule has 0 radical (unpaired) electrons. The molecule has 1 spiro atoms. The Morgan fingerprint density at radius 2 is 1.82 bits per heavy atom. The molecule has 4 nitrogen and oxygen atoms in total. The summed E-state index contributed by atoms with van der Waals surface area (Å²) in [6.07, 6.45) is 1.13. The number of alkyl halides is 3. The summed E-state index contributed by atoms with van der Waals surface area (Å²) in [5.74, 6) is 0. The monoisotopic (exact) mass is 334 g/mol. The van der Waals surface area contributed by atoms with Gasteiger partial charge < -0.3 is 5.32 Å². The number of hydrogen-bond donors (Lipinski definition) is 1. The molecule has 2 heterocycles. The van der Waals surface area contributed by atoms with Gasteiger partial charge in [0.2, 0.25) is 0 Å². The minimum atomic E-state index is -5.26. The van der Waals surface area contributed by atoms with Gasteiger partial charge in [-0.25, -0.2) is 8.42 Å². The van der Waals surface area contributed by atoms with E-state index in [9.17, 15) is 21.6 Å². The third-order valence-corrected chi connectivity index (χ3v) is 5.96. The second-order valence-corrected chi connectivity index (χ2v) is 8.10. The first-order valence-corrected chi connectivity index (χ1v) is 8.54. The average Bonchev–Trinajstić information content (AvgIpc) is 2.82. The van der Waals surface area contributed by atoms with E-state index in [1.54, 1.807) is 0 Å². The van der Waals surface area contributed by atoms with Crippen molar-refractivity contribution < 1.29 is 21.6 Å². The van der Waals surface area contributed by atoms with Crippen LogP contribution in [-0.2, 0) is 16.4 Å². The highest BCUT2D eigenvalue weighted by Gasteiger charge is 2.47. The summed E-state index contributed by atoms with van der Waals surface area (Å²) in [6.45, 7) is 4.61. The first kappa shape index (κ1) is 15.8. The van der Waals surface area contributed by atoms with Crippen LogP contribution >= 0.6 is 0 Å². The molecule has 1 N–H and O–H groups in total. The van der Waals surface area contributed by atoms with Crippen LogP contribution in [0, 0.1) is 5.41 Å². The molecule has 0 amide bonds. The van der Waals surface area contributed by atoms with Gasteiger partial charge >= 0.3 is 5.51 Å². The summed E-state index contributed by atoms with van der Waals surface area (Å²) in [5.41, 5.74) is -4.07. The Balaban J connectivity index is 1.68. The maximum atomic E-state index is 12.5. The average molecular weight is 334 g/mol. The second kappa shape index (κ2) is 5.21. The van der Waals surface area contributed by atoms with E-state index < -0.39 is 20.2 Å². The maximum Gasteiger partial charge on any atom is 0.501 e. The summed E-state index contributed by atoms with van der Waals surface area (Å²) in [7, 11) is -5.26. The summed E-state index contributed by atoms with van der Waals surface area (Å²) < 4.78 is 60.0. The van der Waals surface area contributed by atoms with Crippen LogP contribution in [0.1, 0.15) is 12.0 Å². The Hall–Kier alpha value is -1.12. The molecule has 0 aliphatic carbocycles. The van der Waals surface area contributed by atoms with Gasteiger partial charge in [0.1, 0.15) is 0 Å². The van der Waals surface area contributed by atoms with Gasteiger partial charge in [0.05, 0.1) is 4.90 Å². The number of nitrogens with one attached hydrogen (secondary N) is 1. The van der Waals surface area contributed by atoms with E-state index in [4.69, 9.17) is 0 Å². The molecular weight excluding hydrogens is 317 g/mol.